The summed E-state index contributed by atoms with van der Waals surface area (Å²) in [6.07, 6.45) is 3.69. The first-order chi connectivity index (χ1) is 15.9. The van der Waals surface area contributed by atoms with Gasteiger partial charge in [0.2, 0.25) is 0 Å². The van der Waals surface area contributed by atoms with Crippen molar-refractivity contribution in [1.29, 1.82) is 0 Å². The molecule has 2 fully saturated rings. The highest BCUT2D eigenvalue weighted by molar-refractivity contribution is 5.76. The summed E-state index contributed by atoms with van der Waals surface area (Å²) in [6, 6.07) is 1.78. The van der Waals surface area contributed by atoms with Crippen LogP contribution in [-0.2, 0) is 16.1 Å². The van der Waals surface area contributed by atoms with E-state index in [2.05, 4.69) is 30.9 Å². The van der Waals surface area contributed by atoms with Gasteiger partial charge in [0.25, 0.3) is 0 Å². The van der Waals surface area contributed by atoms with E-state index in [0.29, 0.717) is 36.8 Å². The zero-order valence-corrected chi connectivity index (χ0v) is 18.9. The summed E-state index contributed by atoms with van der Waals surface area (Å²) in [6.45, 7) is 4.32. The third-order valence-electron chi connectivity index (χ3n) is 6.57. The van der Waals surface area contributed by atoms with Crippen molar-refractivity contribution in [3.05, 3.63) is 35.4 Å². The fraction of sp³-hybridized carbons (Fsp3) is 0.545. The first-order valence-electron chi connectivity index (χ1n) is 11.1. The number of nitrogens with one attached hydrogen (secondary N) is 3. The fourth-order valence-electron chi connectivity index (χ4n) is 4.37. The SMILES string of the molecule is COCc1nn2ccnc(Nc3cc([C@@H]4CC[C@H](OC(=O)NC5(C)CC5)[C@@H]4F)[nH]n3)c2c1C. The minimum atomic E-state index is -1.30. The Hall–Kier alpha value is -3.21. The maximum absolute atomic E-state index is 15.1. The molecule has 176 valence electrons. The Morgan fingerprint density at radius 2 is 2.21 bits per heavy atom. The molecule has 0 radical (unpaired) electrons. The molecule has 33 heavy (non-hydrogen) atoms. The number of methoxy groups -OCH3 is 1. The molecule has 2 aliphatic carbocycles. The van der Waals surface area contributed by atoms with Crippen LogP contribution in [-0.4, -0.2) is 55.8 Å². The number of nitrogens with zero attached hydrogens (tertiary/aromatic N) is 4. The van der Waals surface area contributed by atoms with Crippen LogP contribution in [0.3, 0.4) is 0 Å². The third kappa shape index (κ3) is 4.24. The number of halogens is 1. The average molecular weight is 458 g/mol. The van der Waals surface area contributed by atoms with E-state index in [9.17, 15) is 4.79 Å². The molecule has 5 rings (SSSR count). The number of amides is 1. The van der Waals surface area contributed by atoms with Gasteiger partial charge in [-0.2, -0.15) is 10.2 Å². The second-order valence-electron chi connectivity index (χ2n) is 9.16. The molecule has 2 saturated carbocycles. The lowest BCUT2D eigenvalue weighted by Crippen LogP contribution is -2.38. The smallest absolute Gasteiger partial charge is 0.407 e. The number of carbonyl (C=O) groups excluding carboxylic acids is 1. The number of ether oxygens (including phenoxy) is 2. The van der Waals surface area contributed by atoms with E-state index >= 15 is 4.39 Å². The Labute approximate surface area is 190 Å². The number of hydrogen-bond donors (Lipinski definition) is 3. The molecule has 0 spiro atoms. The van der Waals surface area contributed by atoms with Crippen LogP contribution in [0.2, 0.25) is 0 Å². The molecule has 3 aromatic heterocycles. The van der Waals surface area contributed by atoms with Crippen molar-refractivity contribution in [2.24, 2.45) is 0 Å². The lowest BCUT2D eigenvalue weighted by atomic mass is 10.0. The summed E-state index contributed by atoms with van der Waals surface area (Å²) in [5.74, 6) is 0.698. The topological polar surface area (TPSA) is 118 Å². The number of hydrogen-bond acceptors (Lipinski definition) is 7. The molecule has 11 heteroatoms. The van der Waals surface area contributed by atoms with Gasteiger partial charge in [0.05, 0.1) is 12.3 Å². The van der Waals surface area contributed by atoms with Crippen LogP contribution in [0.1, 0.15) is 55.5 Å². The lowest BCUT2D eigenvalue weighted by Gasteiger charge is -2.19. The van der Waals surface area contributed by atoms with E-state index in [0.717, 1.165) is 29.6 Å². The summed E-state index contributed by atoms with van der Waals surface area (Å²) >= 11 is 0. The quantitative estimate of drug-likeness (QED) is 0.497. The van der Waals surface area contributed by atoms with Crippen LogP contribution in [0.25, 0.3) is 5.52 Å². The first kappa shape index (κ1) is 21.6. The zero-order valence-electron chi connectivity index (χ0n) is 18.9. The zero-order chi connectivity index (χ0) is 23.2. The van der Waals surface area contributed by atoms with Crippen molar-refractivity contribution in [2.75, 3.05) is 12.4 Å². The van der Waals surface area contributed by atoms with E-state index in [1.807, 2.05) is 13.8 Å². The number of alkyl carbamates (subject to hydrolysis) is 1. The van der Waals surface area contributed by atoms with Crippen LogP contribution < -0.4 is 10.6 Å². The van der Waals surface area contributed by atoms with Gasteiger partial charge in [-0.3, -0.25) is 5.10 Å². The normalized spacial score (nSPS) is 23.6. The summed E-state index contributed by atoms with van der Waals surface area (Å²) in [7, 11) is 1.63. The number of fused-ring (bicyclic) bond motifs is 1. The van der Waals surface area contributed by atoms with E-state index < -0.39 is 24.3 Å². The Morgan fingerprint density at radius 3 is 2.97 bits per heavy atom. The summed E-state index contributed by atoms with van der Waals surface area (Å²) in [5, 5.41) is 17.8. The van der Waals surface area contributed by atoms with Gasteiger partial charge in [-0.15, -0.1) is 0 Å². The van der Waals surface area contributed by atoms with Gasteiger partial charge in [0.1, 0.15) is 17.8 Å². The highest BCUT2D eigenvalue weighted by atomic mass is 19.1. The predicted molar refractivity (Wildman–Crippen MR) is 118 cm³/mol. The van der Waals surface area contributed by atoms with Gasteiger partial charge < -0.3 is 20.1 Å². The number of rotatable bonds is 7. The maximum atomic E-state index is 15.1. The minimum absolute atomic E-state index is 0.195. The maximum Gasteiger partial charge on any atom is 0.407 e. The molecule has 0 aliphatic heterocycles. The van der Waals surface area contributed by atoms with E-state index in [-0.39, 0.29) is 5.54 Å². The predicted octanol–water partition coefficient (Wildman–Crippen LogP) is 3.51. The van der Waals surface area contributed by atoms with Gasteiger partial charge in [0, 0.05) is 48.3 Å². The van der Waals surface area contributed by atoms with Crippen LogP contribution in [0.15, 0.2) is 18.5 Å². The highest BCUT2D eigenvalue weighted by Crippen LogP contribution is 2.39. The molecule has 0 bridgehead atoms. The van der Waals surface area contributed by atoms with E-state index in [4.69, 9.17) is 9.47 Å². The van der Waals surface area contributed by atoms with Crippen LogP contribution >= 0.6 is 0 Å². The summed E-state index contributed by atoms with van der Waals surface area (Å²) < 4.78 is 27.5. The van der Waals surface area contributed by atoms with Gasteiger partial charge in [-0.1, -0.05) is 0 Å². The largest absolute Gasteiger partial charge is 0.443 e. The van der Waals surface area contributed by atoms with Crippen LogP contribution in [0.4, 0.5) is 20.8 Å². The Balaban J connectivity index is 1.27. The average Bonchev–Trinajstić information content (AvgIpc) is 3.08. The number of anilines is 2. The van der Waals surface area contributed by atoms with Crippen molar-refractivity contribution >= 4 is 23.2 Å². The molecule has 1 amide bonds. The molecular formula is C22H28FN7O3. The molecule has 2 aliphatic rings. The van der Waals surface area contributed by atoms with E-state index in [1.54, 1.807) is 30.1 Å². The molecule has 3 atom stereocenters. The molecule has 0 unspecified atom stereocenters. The third-order valence-corrected chi connectivity index (χ3v) is 6.57. The molecule has 3 aromatic rings. The van der Waals surface area contributed by atoms with Gasteiger partial charge in [-0.05, 0) is 39.5 Å². The second kappa shape index (κ2) is 8.29. The number of aryl methyl sites for hydroxylation is 1. The first-order valence-corrected chi connectivity index (χ1v) is 11.1. The number of aromatic nitrogens is 5. The van der Waals surface area contributed by atoms with Crippen molar-refractivity contribution in [3.63, 3.8) is 0 Å². The van der Waals surface area contributed by atoms with Crippen molar-refractivity contribution in [1.82, 2.24) is 30.1 Å². The Bertz CT molecular complexity index is 1170. The van der Waals surface area contributed by atoms with Crippen LogP contribution in [0, 0.1) is 6.92 Å². The standard InChI is InChI=1S/C22H28FN7O3/c1-12-15(11-32-3)29-30-9-8-24-20(19(12)30)25-17-10-14(27-28-17)13-4-5-16(18(13)23)33-21(31)26-22(2)6-7-22/h8-10,13,16,18H,4-7,11H2,1-3H3,(H,26,31)(H2,24,25,27,28)/t13-,16-,18+/m0/s1. The lowest BCUT2D eigenvalue weighted by molar-refractivity contribution is 0.0546. The summed E-state index contributed by atoms with van der Waals surface area (Å²) in [5.41, 5.74) is 3.07. The monoisotopic (exact) mass is 457 g/mol. The fourth-order valence-corrected chi connectivity index (χ4v) is 4.37. The van der Waals surface area contributed by atoms with Crippen molar-refractivity contribution < 1.29 is 18.7 Å². The van der Waals surface area contributed by atoms with Crippen molar-refractivity contribution in [3.8, 4) is 0 Å². The number of alkyl halides is 1. The number of aromatic amines is 1. The van der Waals surface area contributed by atoms with Crippen LogP contribution in [0.5, 0.6) is 0 Å². The molecule has 3 heterocycles. The summed E-state index contributed by atoms with van der Waals surface area (Å²) in [4.78, 5) is 16.5. The number of H-pyrrole nitrogens is 1. The number of carbonyl (C=O) groups is 1. The molecule has 3 N–H and O–H groups in total. The molecule has 0 aromatic carbocycles. The molecular weight excluding hydrogens is 429 g/mol. The van der Waals surface area contributed by atoms with Gasteiger partial charge in [0.15, 0.2) is 11.6 Å². The highest BCUT2D eigenvalue weighted by Gasteiger charge is 2.43. The Kier molecular flexibility index (Phi) is 5.43. The Morgan fingerprint density at radius 1 is 1.39 bits per heavy atom. The van der Waals surface area contributed by atoms with Gasteiger partial charge in [-0.25, -0.2) is 18.7 Å². The second-order valence-corrected chi connectivity index (χ2v) is 9.16. The van der Waals surface area contributed by atoms with Gasteiger partial charge >= 0.3 is 6.09 Å². The minimum Gasteiger partial charge on any atom is -0.443 e. The van der Waals surface area contributed by atoms with Crippen molar-refractivity contribution in [2.45, 2.75) is 69.9 Å². The molecule has 0 saturated heterocycles. The molecule has 10 nitrogen and oxygen atoms in total. The van der Waals surface area contributed by atoms with E-state index in [1.165, 1.54) is 0 Å².